The SMILES string of the molecule is O=C1c2ccccc2N2C(=O)c3ccccc3[C@@H]2N1CCC(=O)N1CCC[C@H]1c1nc2ccccc2[nH]1. The molecule has 184 valence electrons. The normalized spacial score (nSPS) is 20.4. The zero-order valence-electron chi connectivity index (χ0n) is 20.1. The van der Waals surface area contributed by atoms with E-state index in [-0.39, 0.29) is 36.7 Å². The molecular weight excluding hydrogens is 466 g/mol. The monoisotopic (exact) mass is 491 g/mol. The summed E-state index contributed by atoms with van der Waals surface area (Å²) in [6, 6.07) is 22.4. The van der Waals surface area contributed by atoms with Crippen LogP contribution in [0.4, 0.5) is 5.69 Å². The van der Waals surface area contributed by atoms with Gasteiger partial charge in [-0.3, -0.25) is 19.3 Å². The Morgan fingerprint density at radius 1 is 0.919 bits per heavy atom. The summed E-state index contributed by atoms with van der Waals surface area (Å²) in [5.74, 6) is 0.501. The molecule has 3 aliphatic heterocycles. The third kappa shape index (κ3) is 3.28. The topological polar surface area (TPSA) is 89.6 Å². The third-order valence-electron chi connectivity index (χ3n) is 7.75. The van der Waals surface area contributed by atoms with Crippen molar-refractivity contribution in [2.45, 2.75) is 31.5 Å². The second-order valence-electron chi connectivity index (χ2n) is 9.79. The first-order chi connectivity index (χ1) is 18.1. The summed E-state index contributed by atoms with van der Waals surface area (Å²) in [7, 11) is 0. The van der Waals surface area contributed by atoms with Crippen molar-refractivity contribution in [2.75, 3.05) is 18.0 Å². The number of carbonyl (C=O) groups is 3. The summed E-state index contributed by atoms with van der Waals surface area (Å²) >= 11 is 0. The Hall–Kier alpha value is -4.46. The van der Waals surface area contributed by atoms with Crippen LogP contribution in [0.2, 0.25) is 0 Å². The maximum absolute atomic E-state index is 13.6. The second kappa shape index (κ2) is 8.30. The Kier molecular flexibility index (Phi) is 4.89. The number of anilines is 1. The van der Waals surface area contributed by atoms with Crippen molar-refractivity contribution in [1.82, 2.24) is 19.8 Å². The standard InChI is InChI=1S/C29H25N5O3/c35-25(32-16-7-14-24(32)26-30-21-11-4-5-12-22(21)31-26)15-17-33-27-18-8-1-2-9-19(18)29(37)34(27)23-13-6-3-10-20(23)28(33)36/h1-6,8-13,24,27H,7,14-17H2,(H,30,31)/t24-,27+/m0/s1. The molecule has 0 bridgehead atoms. The number of nitrogens with zero attached hydrogens (tertiary/aromatic N) is 4. The van der Waals surface area contributed by atoms with E-state index in [4.69, 9.17) is 4.98 Å². The van der Waals surface area contributed by atoms with Gasteiger partial charge in [-0.1, -0.05) is 42.5 Å². The molecule has 4 aromatic rings. The van der Waals surface area contributed by atoms with E-state index in [9.17, 15) is 14.4 Å². The van der Waals surface area contributed by atoms with E-state index in [1.165, 1.54) is 0 Å². The Balaban J connectivity index is 1.17. The van der Waals surface area contributed by atoms with Gasteiger partial charge in [0.15, 0.2) is 0 Å². The number of amides is 3. The van der Waals surface area contributed by atoms with Crippen LogP contribution in [-0.2, 0) is 4.79 Å². The van der Waals surface area contributed by atoms with Gasteiger partial charge in [0.2, 0.25) is 5.91 Å². The van der Waals surface area contributed by atoms with Crippen molar-refractivity contribution in [3.63, 3.8) is 0 Å². The number of aromatic amines is 1. The molecule has 8 nitrogen and oxygen atoms in total. The first kappa shape index (κ1) is 21.8. The number of likely N-dealkylation sites (tertiary alicyclic amines) is 1. The van der Waals surface area contributed by atoms with Gasteiger partial charge in [-0.25, -0.2) is 4.98 Å². The molecule has 0 aliphatic carbocycles. The van der Waals surface area contributed by atoms with Gasteiger partial charge in [0, 0.05) is 30.6 Å². The molecule has 37 heavy (non-hydrogen) atoms. The lowest BCUT2D eigenvalue weighted by Gasteiger charge is -2.41. The molecule has 0 spiro atoms. The number of imidazole rings is 1. The Bertz CT molecular complexity index is 1540. The maximum atomic E-state index is 13.6. The molecule has 4 heterocycles. The zero-order chi connectivity index (χ0) is 25.1. The Morgan fingerprint density at radius 2 is 1.68 bits per heavy atom. The van der Waals surface area contributed by atoms with E-state index in [2.05, 4.69) is 4.98 Å². The predicted octanol–water partition coefficient (Wildman–Crippen LogP) is 4.43. The van der Waals surface area contributed by atoms with Crippen LogP contribution in [0.5, 0.6) is 0 Å². The van der Waals surface area contributed by atoms with Crippen LogP contribution >= 0.6 is 0 Å². The molecule has 0 unspecified atom stereocenters. The van der Waals surface area contributed by atoms with Gasteiger partial charge in [-0.05, 0) is 43.2 Å². The fraction of sp³-hybridized carbons (Fsp3) is 0.241. The number of aromatic nitrogens is 2. The van der Waals surface area contributed by atoms with Crippen LogP contribution in [0.3, 0.4) is 0 Å². The van der Waals surface area contributed by atoms with E-state index < -0.39 is 6.17 Å². The van der Waals surface area contributed by atoms with Gasteiger partial charge in [0.1, 0.15) is 12.0 Å². The molecule has 1 N–H and O–H groups in total. The number of nitrogens with one attached hydrogen (secondary N) is 1. The number of para-hydroxylation sites is 3. The largest absolute Gasteiger partial charge is 0.340 e. The van der Waals surface area contributed by atoms with E-state index in [1.54, 1.807) is 28.0 Å². The minimum Gasteiger partial charge on any atom is -0.340 e. The van der Waals surface area contributed by atoms with Crippen molar-refractivity contribution in [2.24, 2.45) is 0 Å². The lowest BCUT2D eigenvalue weighted by atomic mass is 10.0. The number of fused-ring (bicyclic) bond motifs is 6. The minimum atomic E-state index is -0.552. The number of rotatable bonds is 4. The number of hydrogen-bond donors (Lipinski definition) is 1. The van der Waals surface area contributed by atoms with Crippen molar-refractivity contribution in [3.05, 3.63) is 95.3 Å². The second-order valence-corrected chi connectivity index (χ2v) is 9.79. The van der Waals surface area contributed by atoms with E-state index >= 15 is 0 Å². The van der Waals surface area contributed by atoms with E-state index in [1.807, 2.05) is 59.5 Å². The molecule has 1 saturated heterocycles. The smallest absolute Gasteiger partial charge is 0.260 e. The fourth-order valence-electron chi connectivity index (χ4n) is 6.04. The highest BCUT2D eigenvalue weighted by Gasteiger charge is 2.47. The molecule has 1 aromatic heterocycles. The van der Waals surface area contributed by atoms with Crippen LogP contribution in [0, 0.1) is 0 Å². The highest BCUT2D eigenvalue weighted by molar-refractivity contribution is 6.16. The minimum absolute atomic E-state index is 0.0150. The highest BCUT2D eigenvalue weighted by Crippen LogP contribution is 2.45. The number of H-pyrrole nitrogens is 1. The summed E-state index contributed by atoms with van der Waals surface area (Å²) in [5.41, 5.74) is 4.33. The summed E-state index contributed by atoms with van der Waals surface area (Å²) in [6.07, 6.45) is 1.37. The summed E-state index contributed by atoms with van der Waals surface area (Å²) < 4.78 is 0. The van der Waals surface area contributed by atoms with Gasteiger partial charge in [-0.15, -0.1) is 0 Å². The van der Waals surface area contributed by atoms with Gasteiger partial charge in [0.25, 0.3) is 11.8 Å². The summed E-state index contributed by atoms with van der Waals surface area (Å²) in [5, 5.41) is 0. The van der Waals surface area contributed by atoms with Gasteiger partial charge < -0.3 is 14.8 Å². The molecule has 0 saturated carbocycles. The van der Waals surface area contributed by atoms with E-state index in [0.29, 0.717) is 23.4 Å². The first-order valence-electron chi connectivity index (χ1n) is 12.7. The molecule has 3 aromatic carbocycles. The Labute approximate surface area is 213 Å². The highest BCUT2D eigenvalue weighted by atomic mass is 16.2. The Morgan fingerprint density at radius 3 is 2.54 bits per heavy atom. The number of hydrogen-bond acceptors (Lipinski definition) is 4. The molecule has 3 aliphatic rings. The maximum Gasteiger partial charge on any atom is 0.260 e. The molecule has 0 radical (unpaired) electrons. The lowest BCUT2D eigenvalue weighted by Crippen LogP contribution is -2.49. The summed E-state index contributed by atoms with van der Waals surface area (Å²) in [6.45, 7) is 0.881. The van der Waals surface area contributed by atoms with Crippen LogP contribution in [0.15, 0.2) is 72.8 Å². The van der Waals surface area contributed by atoms with Crippen LogP contribution in [-0.4, -0.2) is 50.6 Å². The average molecular weight is 492 g/mol. The molecule has 8 heteroatoms. The molecule has 3 amide bonds. The predicted molar refractivity (Wildman–Crippen MR) is 138 cm³/mol. The van der Waals surface area contributed by atoms with Crippen molar-refractivity contribution in [3.8, 4) is 0 Å². The van der Waals surface area contributed by atoms with E-state index in [0.717, 1.165) is 35.3 Å². The molecular formula is C29H25N5O3. The molecule has 2 atom stereocenters. The molecule has 7 rings (SSSR count). The van der Waals surface area contributed by atoms with Crippen molar-refractivity contribution >= 4 is 34.4 Å². The van der Waals surface area contributed by atoms with Crippen LogP contribution < -0.4 is 4.90 Å². The van der Waals surface area contributed by atoms with Gasteiger partial charge in [0.05, 0.1) is 28.3 Å². The quantitative estimate of drug-likeness (QED) is 0.457. The summed E-state index contributed by atoms with van der Waals surface area (Å²) in [4.78, 5) is 53.9. The lowest BCUT2D eigenvalue weighted by molar-refractivity contribution is -0.132. The zero-order valence-corrected chi connectivity index (χ0v) is 20.1. The van der Waals surface area contributed by atoms with Crippen molar-refractivity contribution < 1.29 is 14.4 Å². The van der Waals surface area contributed by atoms with Crippen LogP contribution in [0.25, 0.3) is 11.0 Å². The number of benzene rings is 3. The molecule has 1 fully saturated rings. The number of carbonyl (C=O) groups excluding carboxylic acids is 3. The van der Waals surface area contributed by atoms with Crippen LogP contribution in [0.1, 0.15) is 63.6 Å². The first-order valence-corrected chi connectivity index (χ1v) is 12.7. The van der Waals surface area contributed by atoms with Crippen molar-refractivity contribution in [1.29, 1.82) is 0 Å². The third-order valence-corrected chi connectivity index (χ3v) is 7.75. The average Bonchev–Trinajstić information content (AvgIpc) is 3.65. The van der Waals surface area contributed by atoms with Gasteiger partial charge >= 0.3 is 0 Å². The fourth-order valence-corrected chi connectivity index (χ4v) is 6.04. The van der Waals surface area contributed by atoms with Gasteiger partial charge in [-0.2, -0.15) is 0 Å².